The van der Waals surface area contributed by atoms with E-state index in [1.165, 1.54) is 23.1 Å². The summed E-state index contributed by atoms with van der Waals surface area (Å²) in [5.41, 5.74) is 1.77. The Morgan fingerprint density at radius 1 is 1.12 bits per heavy atom. The molecule has 0 bridgehead atoms. The first-order valence-electron chi connectivity index (χ1n) is 12.0. The zero-order chi connectivity index (χ0) is 23.5. The predicted molar refractivity (Wildman–Crippen MR) is 138 cm³/mol. The number of thioether (sulfide) groups is 1. The standard InChI is InChI=1S/C25H30N4O3S2/c1-18(23(30)28-9-5-6-10-28)33-25-26-20-17-21(19-7-3-2-4-8-19)34-22(20)24(31)29(25)12-11-27-13-15-32-16-14-27/h2-4,7-8,17-18H,5-6,9-16H2,1H3/t18-/m1/s1. The maximum absolute atomic E-state index is 13.7. The molecule has 1 atom stereocenters. The van der Waals surface area contributed by atoms with Crippen LogP contribution in [0, 0.1) is 0 Å². The lowest BCUT2D eigenvalue weighted by Gasteiger charge is -2.27. The number of likely N-dealkylation sites (tertiary alicyclic amines) is 1. The fraction of sp³-hybridized carbons (Fsp3) is 0.480. The lowest BCUT2D eigenvalue weighted by Crippen LogP contribution is -2.39. The van der Waals surface area contributed by atoms with E-state index in [0.29, 0.717) is 21.9 Å². The summed E-state index contributed by atoms with van der Waals surface area (Å²) in [6.07, 6.45) is 2.13. The van der Waals surface area contributed by atoms with Gasteiger partial charge in [0.25, 0.3) is 5.56 Å². The molecule has 0 saturated carbocycles. The highest BCUT2D eigenvalue weighted by molar-refractivity contribution is 8.00. The number of amides is 1. The highest BCUT2D eigenvalue weighted by atomic mass is 32.2. The molecule has 9 heteroatoms. The second kappa shape index (κ2) is 10.6. The first-order chi connectivity index (χ1) is 16.6. The Bertz CT molecular complexity index is 1200. The molecule has 4 heterocycles. The van der Waals surface area contributed by atoms with E-state index in [0.717, 1.165) is 69.2 Å². The molecule has 2 aromatic heterocycles. The first kappa shape index (κ1) is 23.5. The molecule has 2 saturated heterocycles. The van der Waals surface area contributed by atoms with Gasteiger partial charge >= 0.3 is 0 Å². The average molecular weight is 499 g/mol. The van der Waals surface area contributed by atoms with E-state index < -0.39 is 0 Å². The molecule has 3 aromatic rings. The summed E-state index contributed by atoms with van der Waals surface area (Å²) in [6.45, 7) is 8.07. The summed E-state index contributed by atoms with van der Waals surface area (Å²) < 4.78 is 7.91. The molecule has 2 fully saturated rings. The lowest BCUT2D eigenvalue weighted by atomic mass is 10.2. The van der Waals surface area contributed by atoms with Crippen LogP contribution in [0.1, 0.15) is 19.8 Å². The number of carbonyl (C=O) groups is 1. The topological polar surface area (TPSA) is 67.7 Å². The molecule has 34 heavy (non-hydrogen) atoms. The lowest BCUT2D eigenvalue weighted by molar-refractivity contribution is -0.129. The van der Waals surface area contributed by atoms with Gasteiger partial charge in [0, 0.05) is 44.1 Å². The van der Waals surface area contributed by atoms with Gasteiger partial charge in [0.05, 0.1) is 24.0 Å². The van der Waals surface area contributed by atoms with Gasteiger partial charge in [-0.05, 0) is 31.4 Å². The Morgan fingerprint density at radius 2 is 1.85 bits per heavy atom. The van der Waals surface area contributed by atoms with Gasteiger partial charge in [-0.15, -0.1) is 11.3 Å². The van der Waals surface area contributed by atoms with Crippen LogP contribution in [0.25, 0.3) is 20.7 Å². The number of ether oxygens (including phenoxy) is 1. The van der Waals surface area contributed by atoms with Crippen molar-refractivity contribution in [1.29, 1.82) is 0 Å². The van der Waals surface area contributed by atoms with Crippen molar-refractivity contribution in [1.82, 2.24) is 19.4 Å². The van der Waals surface area contributed by atoms with Crippen molar-refractivity contribution in [2.45, 2.75) is 36.7 Å². The molecule has 1 aromatic carbocycles. The number of hydrogen-bond acceptors (Lipinski definition) is 7. The van der Waals surface area contributed by atoms with Crippen molar-refractivity contribution in [3.63, 3.8) is 0 Å². The van der Waals surface area contributed by atoms with E-state index in [9.17, 15) is 9.59 Å². The molecule has 7 nitrogen and oxygen atoms in total. The molecule has 2 aliphatic rings. The van der Waals surface area contributed by atoms with Crippen molar-refractivity contribution in [3.8, 4) is 10.4 Å². The summed E-state index contributed by atoms with van der Waals surface area (Å²) in [6, 6.07) is 12.1. The molecule has 2 aliphatic heterocycles. The fourth-order valence-electron chi connectivity index (χ4n) is 4.49. The average Bonchev–Trinajstić information content (AvgIpc) is 3.55. The maximum atomic E-state index is 13.7. The molecule has 0 spiro atoms. The van der Waals surface area contributed by atoms with Gasteiger partial charge in [-0.25, -0.2) is 4.98 Å². The van der Waals surface area contributed by atoms with Crippen LogP contribution in [0.5, 0.6) is 0 Å². The number of morpholine rings is 1. The number of carbonyl (C=O) groups excluding carboxylic acids is 1. The Labute approximate surface area is 207 Å². The van der Waals surface area contributed by atoms with Crippen LogP contribution in [0.3, 0.4) is 0 Å². The quantitative estimate of drug-likeness (QED) is 0.367. The monoisotopic (exact) mass is 498 g/mol. The van der Waals surface area contributed by atoms with Gasteiger partial charge in [-0.1, -0.05) is 42.1 Å². The Kier molecular flexibility index (Phi) is 7.34. The number of fused-ring (bicyclic) bond motifs is 1. The number of hydrogen-bond donors (Lipinski definition) is 0. The zero-order valence-corrected chi connectivity index (χ0v) is 21.1. The molecular formula is C25H30N4O3S2. The van der Waals surface area contributed by atoms with E-state index in [4.69, 9.17) is 9.72 Å². The Morgan fingerprint density at radius 3 is 2.59 bits per heavy atom. The molecule has 0 N–H and O–H groups in total. The largest absolute Gasteiger partial charge is 0.379 e. The van der Waals surface area contributed by atoms with Gasteiger partial charge in [0.1, 0.15) is 4.70 Å². The van der Waals surface area contributed by atoms with Crippen LogP contribution in [-0.4, -0.2) is 76.4 Å². The first-order valence-corrected chi connectivity index (χ1v) is 13.6. The van der Waals surface area contributed by atoms with Crippen molar-refractivity contribution in [3.05, 3.63) is 46.8 Å². The second-order valence-corrected chi connectivity index (χ2v) is 11.1. The van der Waals surface area contributed by atoms with Crippen molar-refractivity contribution >= 4 is 39.2 Å². The molecule has 0 aliphatic carbocycles. The van der Waals surface area contributed by atoms with Crippen LogP contribution in [0.4, 0.5) is 0 Å². The number of benzene rings is 1. The summed E-state index contributed by atoms with van der Waals surface area (Å²) in [5, 5.41) is 0.340. The highest BCUT2D eigenvalue weighted by Gasteiger charge is 2.26. The minimum absolute atomic E-state index is 0.0197. The van der Waals surface area contributed by atoms with Crippen LogP contribution in [-0.2, 0) is 16.1 Å². The van der Waals surface area contributed by atoms with Gasteiger partial charge < -0.3 is 9.64 Å². The van der Waals surface area contributed by atoms with E-state index in [1.807, 2.05) is 48.2 Å². The molecule has 1 amide bonds. The molecule has 0 unspecified atom stereocenters. The zero-order valence-electron chi connectivity index (χ0n) is 19.4. The van der Waals surface area contributed by atoms with Gasteiger partial charge in [-0.3, -0.25) is 19.1 Å². The maximum Gasteiger partial charge on any atom is 0.272 e. The van der Waals surface area contributed by atoms with E-state index in [2.05, 4.69) is 4.90 Å². The Balaban J connectivity index is 1.47. The summed E-state index contributed by atoms with van der Waals surface area (Å²) >= 11 is 2.90. The van der Waals surface area contributed by atoms with Crippen molar-refractivity contribution in [2.24, 2.45) is 0 Å². The smallest absolute Gasteiger partial charge is 0.272 e. The highest BCUT2D eigenvalue weighted by Crippen LogP contribution is 2.33. The summed E-state index contributed by atoms with van der Waals surface area (Å²) in [7, 11) is 0. The Hall–Kier alpha value is -2.20. The third-order valence-corrected chi connectivity index (χ3v) is 8.69. The number of rotatable bonds is 7. The normalized spacial score (nSPS) is 18.0. The SMILES string of the molecule is C[C@@H](Sc1nc2cc(-c3ccccc3)sc2c(=O)n1CCN1CCOCC1)C(=O)N1CCCC1. The van der Waals surface area contributed by atoms with Gasteiger partial charge in [0.15, 0.2) is 5.16 Å². The number of aromatic nitrogens is 2. The van der Waals surface area contributed by atoms with E-state index >= 15 is 0 Å². The number of nitrogens with zero attached hydrogens (tertiary/aromatic N) is 4. The summed E-state index contributed by atoms with van der Waals surface area (Å²) in [5.74, 6) is 0.131. The van der Waals surface area contributed by atoms with Crippen LogP contribution in [0.15, 0.2) is 46.3 Å². The van der Waals surface area contributed by atoms with Crippen LogP contribution < -0.4 is 5.56 Å². The molecule has 5 rings (SSSR count). The minimum atomic E-state index is -0.288. The molecule has 180 valence electrons. The van der Waals surface area contributed by atoms with Crippen molar-refractivity contribution < 1.29 is 9.53 Å². The minimum Gasteiger partial charge on any atom is -0.379 e. The third-order valence-electron chi connectivity index (χ3n) is 6.45. The summed E-state index contributed by atoms with van der Waals surface area (Å²) in [4.78, 5) is 36.8. The number of thiophene rings is 1. The second-order valence-electron chi connectivity index (χ2n) is 8.79. The molecule has 0 radical (unpaired) electrons. The van der Waals surface area contributed by atoms with E-state index in [1.54, 1.807) is 4.57 Å². The van der Waals surface area contributed by atoms with Crippen LogP contribution >= 0.6 is 23.1 Å². The van der Waals surface area contributed by atoms with Gasteiger partial charge in [-0.2, -0.15) is 0 Å². The van der Waals surface area contributed by atoms with Gasteiger partial charge in [0.2, 0.25) is 5.91 Å². The van der Waals surface area contributed by atoms with Crippen molar-refractivity contribution in [2.75, 3.05) is 45.9 Å². The fourth-order valence-corrected chi connectivity index (χ4v) is 6.56. The third kappa shape index (κ3) is 5.07. The van der Waals surface area contributed by atoms with E-state index in [-0.39, 0.29) is 16.7 Å². The predicted octanol–water partition coefficient (Wildman–Crippen LogP) is 3.56. The van der Waals surface area contributed by atoms with Crippen LogP contribution in [0.2, 0.25) is 0 Å². The molecular weight excluding hydrogens is 468 g/mol.